The molecular formula is C21H21FN4O2. The molecule has 0 N–H and O–H groups in total. The molecule has 0 aliphatic carbocycles. The zero-order valence-electron chi connectivity index (χ0n) is 15.6. The number of carbonyl (C=O) groups is 1. The fourth-order valence-corrected chi connectivity index (χ4v) is 3.56. The molecule has 0 saturated carbocycles. The van der Waals surface area contributed by atoms with Crippen molar-refractivity contribution in [2.45, 2.75) is 38.6 Å². The third-order valence-corrected chi connectivity index (χ3v) is 5.15. The zero-order valence-corrected chi connectivity index (χ0v) is 15.6. The van der Waals surface area contributed by atoms with Crippen LogP contribution in [0.3, 0.4) is 0 Å². The molecule has 6 nitrogen and oxygen atoms in total. The van der Waals surface area contributed by atoms with E-state index >= 15 is 0 Å². The second-order valence-corrected chi connectivity index (χ2v) is 7.05. The topological polar surface area (TPSA) is 72.1 Å². The van der Waals surface area contributed by atoms with Crippen molar-refractivity contribution >= 4 is 5.91 Å². The molecule has 1 aliphatic heterocycles. The van der Waals surface area contributed by atoms with Gasteiger partial charge in [-0.25, -0.2) is 4.39 Å². The maximum atomic E-state index is 13.8. The van der Waals surface area contributed by atoms with Crippen LogP contribution in [0, 0.1) is 12.7 Å². The monoisotopic (exact) mass is 380 g/mol. The average Bonchev–Trinajstić information content (AvgIpc) is 3.38. The summed E-state index contributed by atoms with van der Waals surface area (Å²) in [6.45, 7) is 2.38. The number of benzene rings is 1. The Balaban J connectivity index is 1.41. The van der Waals surface area contributed by atoms with Crippen LogP contribution in [0.15, 0.2) is 47.2 Å². The quantitative estimate of drug-likeness (QED) is 0.673. The molecule has 2 aromatic heterocycles. The van der Waals surface area contributed by atoms with Crippen molar-refractivity contribution in [1.29, 1.82) is 0 Å². The Bertz CT molecular complexity index is 974. The molecule has 1 amide bonds. The van der Waals surface area contributed by atoms with Gasteiger partial charge in [0.2, 0.25) is 0 Å². The Morgan fingerprint density at radius 3 is 2.89 bits per heavy atom. The van der Waals surface area contributed by atoms with E-state index in [1.54, 1.807) is 31.5 Å². The van der Waals surface area contributed by atoms with Crippen molar-refractivity contribution in [2.24, 2.45) is 0 Å². The van der Waals surface area contributed by atoms with Gasteiger partial charge in [0.1, 0.15) is 5.82 Å². The van der Waals surface area contributed by atoms with E-state index in [2.05, 4.69) is 15.1 Å². The van der Waals surface area contributed by atoms with E-state index < -0.39 is 0 Å². The largest absolute Gasteiger partial charge is 0.336 e. The SMILES string of the molecule is Cc1ccc(C(=O)N2CCCC2CCc2noc(-c3ccncc3)n2)cc1F. The molecule has 4 rings (SSSR count). The van der Waals surface area contributed by atoms with Gasteiger partial charge in [0.15, 0.2) is 5.82 Å². The number of carbonyl (C=O) groups excluding carboxylic acids is 1. The fraction of sp³-hybridized carbons (Fsp3) is 0.333. The second kappa shape index (κ2) is 7.88. The number of aromatic nitrogens is 3. The molecule has 1 fully saturated rings. The van der Waals surface area contributed by atoms with Crippen LogP contribution < -0.4 is 0 Å². The smallest absolute Gasteiger partial charge is 0.258 e. The fourth-order valence-electron chi connectivity index (χ4n) is 3.56. The Kier molecular flexibility index (Phi) is 5.14. The summed E-state index contributed by atoms with van der Waals surface area (Å²) in [5, 5.41) is 4.04. The van der Waals surface area contributed by atoms with Gasteiger partial charge in [-0.3, -0.25) is 9.78 Å². The maximum absolute atomic E-state index is 13.8. The summed E-state index contributed by atoms with van der Waals surface area (Å²) in [7, 11) is 0. The Hall–Kier alpha value is -3.09. The van der Waals surface area contributed by atoms with E-state index in [0.29, 0.717) is 35.8 Å². The zero-order chi connectivity index (χ0) is 19.5. The van der Waals surface area contributed by atoms with Gasteiger partial charge in [-0.15, -0.1) is 0 Å². The number of aryl methyl sites for hydroxylation is 2. The maximum Gasteiger partial charge on any atom is 0.258 e. The van der Waals surface area contributed by atoms with Crippen molar-refractivity contribution in [3.63, 3.8) is 0 Å². The molecule has 1 atom stereocenters. The first-order chi connectivity index (χ1) is 13.6. The van der Waals surface area contributed by atoms with Gasteiger partial charge in [0.05, 0.1) is 0 Å². The summed E-state index contributed by atoms with van der Waals surface area (Å²) in [6, 6.07) is 8.39. The molecule has 0 bridgehead atoms. The highest BCUT2D eigenvalue weighted by Crippen LogP contribution is 2.25. The van der Waals surface area contributed by atoms with E-state index in [1.807, 2.05) is 17.0 Å². The molecule has 0 radical (unpaired) electrons. The lowest BCUT2D eigenvalue weighted by Crippen LogP contribution is -2.36. The Morgan fingerprint density at radius 2 is 2.11 bits per heavy atom. The minimum atomic E-state index is -0.350. The number of amides is 1. The lowest BCUT2D eigenvalue weighted by Gasteiger charge is -2.24. The van der Waals surface area contributed by atoms with E-state index in [9.17, 15) is 9.18 Å². The summed E-state index contributed by atoms with van der Waals surface area (Å²) in [6.07, 6.45) is 6.58. The summed E-state index contributed by atoms with van der Waals surface area (Å²) in [4.78, 5) is 23.1. The minimum Gasteiger partial charge on any atom is -0.336 e. The van der Waals surface area contributed by atoms with Gasteiger partial charge in [0, 0.05) is 42.5 Å². The molecule has 144 valence electrons. The van der Waals surface area contributed by atoms with Gasteiger partial charge in [-0.1, -0.05) is 11.2 Å². The molecule has 3 heterocycles. The number of rotatable bonds is 5. The average molecular weight is 380 g/mol. The number of pyridine rings is 1. The van der Waals surface area contributed by atoms with Crippen molar-refractivity contribution < 1.29 is 13.7 Å². The van der Waals surface area contributed by atoms with E-state index in [-0.39, 0.29) is 17.8 Å². The van der Waals surface area contributed by atoms with Gasteiger partial charge < -0.3 is 9.42 Å². The third-order valence-electron chi connectivity index (χ3n) is 5.15. The predicted octanol–water partition coefficient (Wildman–Crippen LogP) is 3.82. The van der Waals surface area contributed by atoms with Crippen molar-refractivity contribution in [2.75, 3.05) is 6.54 Å². The lowest BCUT2D eigenvalue weighted by molar-refractivity contribution is 0.0729. The van der Waals surface area contributed by atoms with Crippen molar-refractivity contribution in [1.82, 2.24) is 20.0 Å². The van der Waals surface area contributed by atoms with Gasteiger partial charge in [-0.05, 0) is 56.0 Å². The van der Waals surface area contributed by atoms with Gasteiger partial charge in [-0.2, -0.15) is 4.98 Å². The molecule has 3 aromatic rings. The Morgan fingerprint density at radius 1 is 1.29 bits per heavy atom. The molecule has 0 spiro atoms. The van der Waals surface area contributed by atoms with Gasteiger partial charge >= 0.3 is 0 Å². The normalized spacial score (nSPS) is 16.5. The number of hydrogen-bond donors (Lipinski definition) is 0. The van der Waals surface area contributed by atoms with Crippen LogP contribution >= 0.6 is 0 Å². The molecular weight excluding hydrogens is 359 g/mol. The molecule has 28 heavy (non-hydrogen) atoms. The lowest BCUT2D eigenvalue weighted by atomic mass is 10.1. The molecule has 7 heteroatoms. The molecule has 1 aliphatic rings. The second-order valence-electron chi connectivity index (χ2n) is 7.05. The van der Waals surface area contributed by atoms with Crippen LogP contribution in [0.4, 0.5) is 4.39 Å². The highest BCUT2D eigenvalue weighted by molar-refractivity contribution is 5.94. The van der Waals surface area contributed by atoms with Crippen LogP contribution in [0.5, 0.6) is 0 Å². The Labute approximate surface area is 162 Å². The van der Waals surface area contributed by atoms with Crippen LogP contribution in [0.2, 0.25) is 0 Å². The van der Waals surface area contributed by atoms with Crippen LogP contribution in [-0.4, -0.2) is 38.5 Å². The number of likely N-dealkylation sites (tertiary alicyclic amines) is 1. The van der Waals surface area contributed by atoms with Gasteiger partial charge in [0.25, 0.3) is 11.8 Å². The first-order valence-electron chi connectivity index (χ1n) is 9.42. The summed E-state index contributed by atoms with van der Waals surface area (Å²) in [5.74, 6) is 0.614. The first kappa shape index (κ1) is 18.3. The molecule has 1 saturated heterocycles. The van der Waals surface area contributed by atoms with E-state index in [0.717, 1.165) is 24.8 Å². The predicted molar refractivity (Wildman–Crippen MR) is 101 cm³/mol. The summed E-state index contributed by atoms with van der Waals surface area (Å²) < 4.78 is 19.2. The van der Waals surface area contributed by atoms with Crippen LogP contribution in [0.1, 0.15) is 41.0 Å². The van der Waals surface area contributed by atoms with Crippen molar-refractivity contribution in [3.8, 4) is 11.5 Å². The highest BCUT2D eigenvalue weighted by atomic mass is 19.1. The number of hydrogen-bond acceptors (Lipinski definition) is 5. The summed E-state index contributed by atoms with van der Waals surface area (Å²) >= 11 is 0. The third kappa shape index (κ3) is 3.78. The minimum absolute atomic E-state index is 0.0970. The van der Waals surface area contributed by atoms with E-state index in [1.165, 1.54) is 6.07 Å². The number of nitrogens with zero attached hydrogens (tertiary/aromatic N) is 4. The molecule has 1 aromatic carbocycles. The van der Waals surface area contributed by atoms with E-state index in [4.69, 9.17) is 4.52 Å². The van der Waals surface area contributed by atoms with Crippen molar-refractivity contribution in [3.05, 3.63) is 65.5 Å². The summed E-state index contributed by atoms with van der Waals surface area (Å²) in [5.41, 5.74) is 1.76. The highest BCUT2D eigenvalue weighted by Gasteiger charge is 2.29. The number of halogens is 1. The standard InChI is InChI=1S/C21H21FN4O2/c1-14-4-5-16(13-18(14)22)21(27)26-12-2-3-17(26)6-7-19-24-20(28-25-19)15-8-10-23-11-9-15/h4-5,8-11,13,17H,2-3,6-7,12H2,1H3. The molecule has 1 unspecified atom stereocenters. The van der Waals surface area contributed by atoms with Crippen LogP contribution in [-0.2, 0) is 6.42 Å². The van der Waals surface area contributed by atoms with Crippen LogP contribution in [0.25, 0.3) is 11.5 Å². The first-order valence-corrected chi connectivity index (χ1v) is 9.42.